The van der Waals surface area contributed by atoms with Gasteiger partial charge in [-0.25, -0.2) is 0 Å². The van der Waals surface area contributed by atoms with E-state index in [2.05, 4.69) is 21.3 Å². The minimum absolute atomic E-state index is 0.218. The molecule has 4 bridgehead atoms. The third-order valence-electron chi connectivity index (χ3n) is 5.50. The van der Waals surface area contributed by atoms with Crippen molar-refractivity contribution >= 4 is 28.4 Å². The highest BCUT2D eigenvalue weighted by atomic mass is 16.3. The fourth-order valence-electron chi connectivity index (χ4n) is 3.89. The van der Waals surface area contributed by atoms with E-state index in [9.17, 15) is 10.2 Å². The molecular formula is C25H30N4O2. The minimum atomic E-state index is 0.218. The van der Waals surface area contributed by atoms with Gasteiger partial charge in [0.25, 0.3) is 0 Å². The van der Waals surface area contributed by atoms with Crippen molar-refractivity contribution < 1.29 is 10.2 Å². The van der Waals surface area contributed by atoms with E-state index in [1.807, 2.05) is 62.4 Å². The van der Waals surface area contributed by atoms with E-state index in [-0.39, 0.29) is 11.5 Å². The Balaban J connectivity index is 1.71. The summed E-state index contributed by atoms with van der Waals surface area (Å²) in [5.74, 6) is 0.453. The maximum atomic E-state index is 10.8. The molecule has 0 aliphatic carbocycles. The monoisotopic (exact) mass is 418 g/mol. The number of benzene rings is 3. The summed E-state index contributed by atoms with van der Waals surface area (Å²) in [5, 5.41) is 35.1. The van der Waals surface area contributed by atoms with Gasteiger partial charge in [0, 0.05) is 25.3 Å². The average Bonchev–Trinajstić information content (AvgIpc) is 2.74. The summed E-state index contributed by atoms with van der Waals surface area (Å²) in [6.07, 6.45) is 1.87. The van der Waals surface area contributed by atoms with Gasteiger partial charge in [-0.2, -0.15) is 0 Å². The quantitative estimate of drug-likeness (QED) is 0.263. The number of phenolic OH excluding ortho intramolecular Hbond substituents is 2. The van der Waals surface area contributed by atoms with E-state index in [0.717, 1.165) is 59.7 Å². The van der Waals surface area contributed by atoms with Crippen LogP contribution in [0.3, 0.4) is 0 Å². The number of anilines is 5. The van der Waals surface area contributed by atoms with E-state index in [1.54, 1.807) is 0 Å². The van der Waals surface area contributed by atoms with Crippen LogP contribution in [0.25, 0.3) is 0 Å². The highest BCUT2D eigenvalue weighted by Crippen LogP contribution is 2.37. The average molecular weight is 419 g/mol. The maximum absolute atomic E-state index is 10.8. The van der Waals surface area contributed by atoms with Gasteiger partial charge in [-0.1, -0.05) is 18.2 Å². The fourth-order valence-corrected chi connectivity index (χ4v) is 3.89. The standard InChI is InChI=1S/C25H30N4O2/c1-16-11-20-24(30)22(13-16)28-15-18-7-3-4-8-19(18)29-23-14-17(2)12-21(25(23)31)27-10-6-5-9-26-20/h3-4,7-8,11-14,26-31H,5-6,9-10,15H2,1-2H3. The summed E-state index contributed by atoms with van der Waals surface area (Å²) >= 11 is 0. The van der Waals surface area contributed by atoms with Crippen LogP contribution in [0, 0.1) is 13.8 Å². The van der Waals surface area contributed by atoms with Gasteiger partial charge in [0.05, 0.1) is 22.7 Å². The predicted octanol–water partition coefficient (Wildman–Crippen LogP) is 5.69. The van der Waals surface area contributed by atoms with Gasteiger partial charge in [0.15, 0.2) is 11.5 Å². The lowest BCUT2D eigenvalue weighted by Crippen LogP contribution is -2.07. The van der Waals surface area contributed by atoms with Crippen LogP contribution >= 0.6 is 0 Å². The van der Waals surface area contributed by atoms with Crippen molar-refractivity contribution in [3.05, 3.63) is 65.2 Å². The van der Waals surface area contributed by atoms with Crippen molar-refractivity contribution in [2.24, 2.45) is 0 Å². The molecule has 162 valence electrons. The second kappa shape index (κ2) is 9.08. The zero-order chi connectivity index (χ0) is 21.8. The number of aromatic hydroxyl groups is 2. The first kappa shape index (κ1) is 20.7. The van der Waals surface area contributed by atoms with Gasteiger partial charge >= 0.3 is 0 Å². The third-order valence-corrected chi connectivity index (χ3v) is 5.50. The summed E-state index contributed by atoms with van der Waals surface area (Å²) < 4.78 is 0. The van der Waals surface area contributed by atoms with Crippen LogP contribution in [0.5, 0.6) is 11.5 Å². The molecule has 0 radical (unpaired) electrons. The summed E-state index contributed by atoms with van der Waals surface area (Å²) in [6.45, 7) is 6.08. The predicted molar refractivity (Wildman–Crippen MR) is 129 cm³/mol. The SMILES string of the molecule is Cc1cc2c(O)c(c1)NCc1ccccc1Nc1cc(C)cc(c1O)NCCCCN2. The van der Waals surface area contributed by atoms with Crippen LogP contribution in [-0.4, -0.2) is 23.3 Å². The van der Waals surface area contributed by atoms with Gasteiger partial charge in [0.1, 0.15) is 0 Å². The molecule has 3 aromatic rings. The third kappa shape index (κ3) is 4.79. The molecule has 6 N–H and O–H groups in total. The van der Waals surface area contributed by atoms with Gasteiger partial charge < -0.3 is 31.5 Å². The lowest BCUT2D eigenvalue weighted by molar-refractivity contribution is 0.478. The second-order valence-electron chi connectivity index (χ2n) is 8.11. The van der Waals surface area contributed by atoms with Crippen molar-refractivity contribution in [3.63, 3.8) is 0 Å². The lowest BCUT2D eigenvalue weighted by atomic mass is 10.1. The van der Waals surface area contributed by atoms with E-state index in [1.165, 1.54) is 0 Å². The van der Waals surface area contributed by atoms with Crippen LogP contribution in [0.1, 0.15) is 29.5 Å². The Morgan fingerprint density at radius 3 is 1.81 bits per heavy atom. The second-order valence-corrected chi connectivity index (χ2v) is 8.11. The molecule has 1 aliphatic heterocycles. The molecule has 1 aliphatic rings. The van der Waals surface area contributed by atoms with Crippen LogP contribution in [-0.2, 0) is 6.54 Å². The number of phenols is 2. The summed E-state index contributed by atoms with van der Waals surface area (Å²) in [4.78, 5) is 0. The normalized spacial score (nSPS) is 14.1. The summed E-state index contributed by atoms with van der Waals surface area (Å²) in [5.41, 5.74) is 6.90. The van der Waals surface area contributed by atoms with Crippen LogP contribution in [0.2, 0.25) is 0 Å². The first-order chi connectivity index (χ1) is 15.0. The first-order valence-electron chi connectivity index (χ1n) is 10.7. The van der Waals surface area contributed by atoms with Crippen molar-refractivity contribution in [1.82, 2.24) is 0 Å². The van der Waals surface area contributed by atoms with Crippen molar-refractivity contribution in [2.45, 2.75) is 33.2 Å². The number of para-hydroxylation sites is 1. The number of hydrogen-bond donors (Lipinski definition) is 6. The molecule has 0 fully saturated rings. The molecule has 0 aromatic heterocycles. The molecule has 3 aromatic carbocycles. The van der Waals surface area contributed by atoms with Gasteiger partial charge in [-0.05, 0) is 73.7 Å². The van der Waals surface area contributed by atoms with Crippen LogP contribution in [0.4, 0.5) is 28.4 Å². The maximum Gasteiger partial charge on any atom is 0.162 e. The van der Waals surface area contributed by atoms with Crippen molar-refractivity contribution in [3.8, 4) is 11.5 Å². The molecule has 0 unspecified atom stereocenters. The topological polar surface area (TPSA) is 88.6 Å². The van der Waals surface area contributed by atoms with Gasteiger partial charge in [-0.15, -0.1) is 0 Å². The Morgan fingerprint density at radius 1 is 0.645 bits per heavy atom. The molecular weight excluding hydrogens is 388 g/mol. The molecule has 0 atom stereocenters. The number of rotatable bonds is 0. The number of hydrogen-bond acceptors (Lipinski definition) is 6. The lowest BCUT2D eigenvalue weighted by Gasteiger charge is -2.18. The Labute approximate surface area is 183 Å². The smallest absolute Gasteiger partial charge is 0.162 e. The van der Waals surface area contributed by atoms with Crippen molar-refractivity contribution in [1.29, 1.82) is 0 Å². The van der Waals surface area contributed by atoms with Crippen molar-refractivity contribution in [2.75, 3.05) is 34.4 Å². The minimum Gasteiger partial charge on any atom is -0.504 e. The molecule has 6 heteroatoms. The Bertz CT molecular complexity index is 1080. The molecule has 31 heavy (non-hydrogen) atoms. The zero-order valence-corrected chi connectivity index (χ0v) is 18.0. The van der Waals surface area contributed by atoms with E-state index in [4.69, 9.17) is 0 Å². The van der Waals surface area contributed by atoms with Crippen LogP contribution in [0.15, 0.2) is 48.5 Å². The molecule has 1 heterocycles. The van der Waals surface area contributed by atoms with E-state index < -0.39 is 0 Å². The Morgan fingerprint density at radius 2 is 1.16 bits per heavy atom. The molecule has 0 saturated carbocycles. The largest absolute Gasteiger partial charge is 0.504 e. The number of aryl methyl sites for hydroxylation is 2. The zero-order valence-electron chi connectivity index (χ0n) is 18.0. The Kier molecular flexibility index (Phi) is 6.07. The molecule has 0 saturated heterocycles. The molecule has 6 nitrogen and oxygen atoms in total. The number of fused-ring (bicyclic) bond motifs is 5. The van der Waals surface area contributed by atoms with Crippen LogP contribution < -0.4 is 21.3 Å². The van der Waals surface area contributed by atoms with E-state index in [0.29, 0.717) is 17.9 Å². The summed E-state index contributed by atoms with van der Waals surface area (Å²) in [6, 6.07) is 15.8. The number of nitrogens with one attached hydrogen (secondary N) is 4. The van der Waals surface area contributed by atoms with E-state index >= 15 is 0 Å². The summed E-state index contributed by atoms with van der Waals surface area (Å²) in [7, 11) is 0. The highest BCUT2D eigenvalue weighted by Gasteiger charge is 2.13. The fraction of sp³-hybridized carbons (Fsp3) is 0.280. The Hall–Kier alpha value is -3.54. The molecule has 4 rings (SSSR count). The highest BCUT2D eigenvalue weighted by molar-refractivity contribution is 5.77. The van der Waals surface area contributed by atoms with Gasteiger partial charge in [-0.3, -0.25) is 0 Å². The van der Waals surface area contributed by atoms with Gasteiger partial charge in [0.2, 0.25) is 0 Å². The molecule has 0 spiro atoms. The first-order valence-corrected chi connectivity index (χ1v) is 10.7. The molecule has 0 amide bonds.